The fraction of sp³-hybridized carbons (Fsp3) is 0.357. The van der Waals surface area contributed by atoms with Gasteiger partial charge in [0, 0.05) is 5.92 Å². The van der Waals surface area contributed by atoms with Gasteiger partial charge in [0.05, 0.1) is 8.07 Å². The van der Waals surface area contributed by atoms with Crippen LogP contribution in [0.5, 0.6) is 0 Å². The molecule has 0 nitrogen and oxygen atoms in total. The molecule has 0 saturated heterocycles. The van der Waals surface area contributed by atoms with Crippen molar-refractivity contribution in [3.63, 3.8) is 0 Å². The van der Waals surface area contributed by atoms with Gasteiger partial charge in [-0.3, -0.25) is 0 Å². The first-order valence-corrected chi connectivity index (χ1v) is 14.4. The first kappa shape index (κ1) is 18.9. The molecule has 0 amide bonds. The molecule has 0 spiro atoms. The van der Waals surface area contributed by atoms with Crippen molar-refractivity contribution in [2.24, 2.45) is 5.92 Å². The van der Waals surface area contributed by atoms with Crippen LogP contribution in [-0.2, 0) is 19.3 Å². The summed E-state index contributed by atoms with van der Waals surface area (Å²) >= 11 is 0. The summed E-state index contributed by atoms with van der Waals surface area (Å²) in [5, 5.41) is 0. The average molecular weight is 397 g/mol. The molecule has 29 heavy (non-hydrogen) atoms. The molecule has 0 heterocycles. The van der Waals surface area contributed by atoms with E-state index in [9.17, 15) is 0 Å². The maximum Gasteiger partial charge on any atom is 0.0554 e. The third-order valence-corrected chi connectivity index (χ3v) is 13.2. The molecule has 0 radical (unpaired) electrons. The van der Waals surface area contributed by atoms with Crippen LogP contribution in [0.1, 0.15) is 40.7 Å². The van der Waals surface area contributed by atoms with E-state index in [1.165, 1.54) is 24.8 Å². The second-order valence-corrected chi connectivity index (χ2v) is 15.1. The van der Waals surface area contributed by atoms with Crippen molar-refractivity contribution in [3.8, 4) is 0 Å². The Bertz CT molecular complexity index is 1000. The molecule has 0 aliphatic heterocycles. The average Bonchev–Trinajstić information content (AvgIpc) is 3.14. The highest BCUT2D eigenvalue weighted by Crippen LogP contribution is 2.56. The van der Waals surface area contributed by atoms with Gasteiger partial charge in [-0.2, -0.15) is 0 Å². The molecule has 0 N–H and O–H groups in total. The molecule has 1 heteroatoms. The van der Waals surface area contributed by atoms with Gasteiger partial charge in [0.2, 0.25) is 0 Å². The topological polar surface area (TPSA) is 0 Å². The Balaban J connectivity index is 1.55. The lowest BCUT2D eigenvalue weighted by molar-refractivity contribution is 0.477. The summed E-state index contributed by atoms with van der Waals surface area (Å²) in [6, 6.07) is 29.8. The van der Waals surface area contributed by atoms with Crippen LogP contribution in [0.4, 0.5) is 0 Å². The van der Waals surface area contributed by atoms with Crippen LogP contribution < -0.4 is 0 Å². The summed E-state index contributed by atoms with van der Waals surface area (Å²) in [7, 11) is -1.54. The third kappa shape index (κ3) is 3.20. The Morgan fingerprint density at radius 1 is 0.621 bits per heavy atom. The molecule has 0 bridgehead atoms. The number of fused-ring (bicyclic) bond motifs is 2. The summed E-state index contributed by atoms with van der Waals surface area (Å²) < 4.78 is 0. The molecule has 3 aromatic rings. The predicted octanol–water partition coefficient (Wildman–Crippen LogP) is 7.26. The largest absolute Gasteiger partial charge is 0.0689 e. The van der Waals surface area contributed by atoms with E-state index in [-0.39, 0.29) is 0 Å². The van der Waals surface area contributed by atoms with Crippen LogP contribution in [0.25, 0.3) is 0 Å². The molecule has 2 aliphatic rings. The maximum absolute atomic E-state index is 2.70. The molecule has 0 fully saturated rings. The quantitative estimate of drug-likeness (QED) is 0.409. The summed E-state index contributed by atoms with van der Waals surface area (Å²) in [6.45, 7) is 7.93. The monoisotopic (exact) mass is 396 g/mol. The van der Waals surface area contributed by atoms with E-state index in [0.717, 1.165) is 17.0 Å². The third-order valence-electron chi connectivity index (χ3n) is 8.09. The molecule has 3 unspecified atom stereocenters. The zero-order valence-corrected chi connectivity index (χ0v) is 18.9. The standard InChI is InChI=1S/C28H32Si/c1-20-17-22-13-7-8-14-23(22)18-26(20)29(2,3)27-19-24-15-9-10-16-25(24)28(27)21-11-5-4-6-12-21/h4-16,20,26-28H,17-19H2,1-3H3/t20?,26?,27-,28?/m1/s1. The second kappa shape index (κ2) is 7.29. The van der Waals surface area contributed by atoms with Gasteiger partial charge < -0.3 is 0 Å². The lowest BCUT2D eigenvalue weighted by atomic mass is 9.84. The van der Waals surface area contributed by atoms with Crippen LogP contribution in [0.15, 0.2) is 78.9 Å². The zero-order chi connectivity index (χ0) is 20.0. The van der Waals surface area contributed by atoms with E-state index in [0.29, 0.717) is 5.92 Å². The van der Waals surface area contributed by atoms with Crippen molar-refractivity contribution in [2.75, 3.05) is 0 Å². The molecular weight excluding hydrogens is 364 g/mol. The predicted molar refractivity (Wildman–Crippen MR) is 126 cm³/mol. The number of hydrogen-bond donors (Lipinski definition) is 0. The fourth-order valence-corrected chi connectivity index (χ4v) is 11.4. The molecular formula is C28H32Si. The summed E-state index contributed by atoms with van der Waals surface area (Å²) in [4.78, 5) is 0. The highest BCUT2D eigenvalue weighted by atomic mass is 28.3. The highest BCUT2D eigenvalue weighted by molar-refractivity contribution is 6.80. The van der Waals surface area contributed by atoms with Crippen molar-refractivity contribution < 1.29 is 0 Å². The van der Waals surface area contributed by atoms with Crippen molar-refractivity contribution in [1.82, 2.24) is 0 Å². The SMILES string of the molecule is CC1Cc2ccccc2CC1[Si](C)(C)[C@@H]1Cc2ccccc2C1c1ccccc1. The van der Waals surface area contributed by atoms with Gasteiger partial charge in [0.1, 0.15) is 0 Å². The lowest BCUT2D eigenvalue weighted by Gasteiger charge is -2.46. The van der Waals surface area contributed by atoms with Crippen molar-refractivity contribution in [3.05, 3.63) is 107 Å². The van der Waals surface area contributed by atoms with Gasteiger partial charge in [-0.05, 0) is 64.1 Å². The Morgan fingerprint density at radius 2 is 1.17 bits per heavy atom. The smallest absolute Gasteiger partial charge is 0.0554 e. The minimum Gasteiger partial charge on any atom is -0.0689 e. The maximum atomic E-state index is 2.70. The fourth-order valence-electron chi connectivity index (χ4n) is 6.51. The van der Waals surface area contributed by atoms with Gasteiger partial charge in [0.25, 0.3) is 0 Å². The van der Waals surface area contributed by atoms with Crippen molar-refractivity contribution >= 4 is 8.07 Å². The zero-order valence-electron chi connectivity index (χ0n) is 17.9. The molecule has 148 valence electrons. The molecule has 2 aliphatic carbocycles. The molecule has 0 saturated carbocycles. The van der Waals surface area contributed by atoms with Gasteiger partial charge in [0.15, 0.2) is 0 Å². The summed E-state index contributed by atoms with van der Waals surface area (Å²) in [5.41, 5.74) is 9.54. The normalized spacial score (nSPS) is 26.0. The minimum absolute atomic E-state index is 0.568. The Morgan fingerprint density at radius 3 is 1.90 bits per heavy atom. The lowest BCUT2D eigenvalue weighted by Crippen LogP contribution is -2.45. The number of rotatable bonds is 3. The van der Waals surface area contributed by atoms with E-state index < -0.39 is 8.07 Å². The van der Waals surface area contributed by atoms with Gasteiger partial charge in [-0.25, -0.2) is 0 Å². The van der Waals surface area contributed by atoms with Crippen molar-refractivity contribution in [1.29, 1.82) is 0 Å². The molecule has 4 atom stereocenters. The minimum atomic E-state index is -1.54. The van der Waals surface area contributed by atoms with E-state index in [4.69, 9.17) is 0 Å². The van der Waals surface area contributed by atoms with Crippen LogP contribution in [0, 0.1) is 5.92 Å². The molecule has 0 aromatic heterocycles. The van der Waals surface area contributed by atoms with Crippen LogP contribution in [0.3, 0.4) is 0 Å². The van der Waals surface area contributed by atoms with Gasteiger partial charge in [-0.1, -0.05) is 98.9 Å². The molecule has 3 aromatic carbocycles. The van der Waals surface area contributed by atoms with E-state index >= 15 is 0 Å². The van der Waals surface area contributed by atoms with Crippen molar-refractivity contribution in [2.45, 2.75) is 56.3 Å². The Labute approximate surface area is 177 Å². The Kier molecular flexibility index (Phi) is 4.74. The van der Waals surface area contributed by atoms with E-state index in [1.54, 1.807) is 22.3 Å². The van der Waals surface area contributed by atoms with Gasteiger partial charge >= 0.3 is 0 Å². The summed E-state index contributed by atoms with van der Waals surface area (Å²) in [6.07, 6.45) is 3.80. The van der Waals surface area contributed by atoms with E-state index in [2.05, 4.69) is 98.9 Å². The first-order valence-electron chi connectivity index (χ1n) is 11.2. The first-order chi connectivity index (χ1) is 14.1. The molecule has 5 rings (SSSR count). The second-order valence-electron chi connectivity index (χ2n) is 9.98. The van der Waals surface area contributed by atoms with Crippen LogP contribution >= 0.6 is 0 Å². The Hall–Kier alpha value is -2.12. The number of benzene rings is 3. The van der Waals surface area contributed by atoms with Crippen LogP contribution in [-0.4, -0.2) is 8.07 Å². The summed E-state index contributed by atoms with van der Waals surface area (Å²) in [5.74, 6) is 1.35. The van der Waals surface area contributed by atoms with E-state index in [1.807, 2.05) is 0 Å². The van der Waals surface area contributed by atoms with Crippen LogP contribution in [0.2, 0.25) is 24.2 Å². The number of hydrogen-bond acceptors (Lipinski definition) is 0. The highest BCUT2D eigenvalue weighted by Gasteiger charge is 2.49. The van der Waals surface area contributed by atoms with Gasteiger partial charge in [-0.15, -0.1) is 0 Å².